The van der Waals surface area contributed by atoms with Gasteiger partial charge < -0.3 is 0 Å². The maximum absolute atomic E-state index is 4.03. The third kappa shape index (κ3) is 0.781. The van der Waals surface area contributed by atoms with Gasteiger partial charge in [-0.3, -0.25) is 4.78 Å². The van der Waals surface area contributed by atoms with E-state index in [1.807, 2.05) is 12.2 Å². The van der Waals surface area contributed by atoms with E-state index in [1.165, 1.54) is 0 Å². The van der Waals surface area contributed by atoms with E-state index in [0.29, 0.717) is 6.04 Å². The number of hydrogen-bond donors (Lipinski definition) is 0. The topological polar surface area (TPSA) is 28.0 Å². The molecule has 0 spiro atoms. The highest BCUT2D eigenvalue weighted by atomic mass is 31.0. The van der Waals surface area contributed by atoms with E-state index in [4.69, 9.17) is 0 Å². The molecular weight excluding hydrogens is 145 g/mol. The fourth-order valence-corrected chi connectivity index (χ4v) is 1.45. The predicted octanol–water partition coefficient (Wildman–Crippen LogP) is 1.32. The van der Waals surface area contributed by atoms with Gasteiger partial charge in [-0.05, 0) is 9.39 Å². The van der Waals surface area contributed by atoms with Crippen LogP contribution in [0.5, 0.6) is 0 Å². The lowest BCUT2D eigenvalue weighted by molar-refractivity contribution is 0.460. The average Bonchev–Trinajstić information content (AvgIpc) is 2.34. The number of hydrogen-bond acceptors (Lipinski definition) is 3. The fourth-order valence-electron chi connectivity index (χ4n) is 1.11. The van der Waals surface area contributed by atoms with Crippen LogP contribution in [0.4, 0.5) is 0 Å². The van der Waals surface area contributed by atoms with Crippen LogP contribution in [-0.2, 0) is 0 Å². The molecular formula is C6H8N3P. The van der Waals surface area contributed by atoms with Gasteiger partial charge in [0.1, 0.15) is 6.04 Å². The zero-order valence-corrected chi connectivity index (χ0v) is 6.54. The maximum Gasteiger partial charge on any atom is 0.117 e. The zero-order chi connectivity index (χ0) is 6.97. The van der Waals surface area contributed by atoms with Crippen molar-refractivity contribution >= 4 is 9.39 Å². The third-order valence-corrected chi connectivity index (χ3v) is 2.12. The summed E-state index contributed by atoms with van der Waals surface area (Å²) in [6.07, 6.45) is 8.18. The SMILES string of the molecule is PN1N=NC2C=CC=CC21. The summed E-state index contributed by atoms with van der Waals surface area (Å²) in [5.41, 5.74) is 0. The highest BCUT2D eigenvalue weighted by Gasteiger charge is 2.26. The second kappa shape index (κ2) is 2.17. The number of allylic oxidation sites excluding steroid dienone is 2. The lowest BCUT2D eigenvalue weighted by Gasteiger charge is -2.17. The van der Waals surface area contributed by atoms with E-state index < -0.39 is 0 Å². The molecule has 4 heteroatoms. The normalized spacial score (nSPS) is 35.1. The summed E-state index contributed by atoms with van der Waals surface area (Å²) in [7, 11) is 2.53. The van der Waals surface area contributed by atoms with E-state index in [1.54, 1.807) is 4.78 Å². The molecule has 3 unspecified atom stereocenters. The Balaban J connectivity index is 2.26. The van der Waals surface area contributed by atoms with Crippen molar-refractivity contribution in [3.8, 4) is 0 Å². The first-order chi connectivity index (χ1) is 4.88. The molecule has 0 bridgehead atoms. The van der Waals surface area contributed by atoms with Crippen molar-refractivity contribution in [3.05, 3.63) is 24.3 Å². The fraction of sp³-hybridized carbons (Fsp3) is 0.333. The molecule has 0 radical (unpaired) electrons. The summed E-state index contributed by atoms with van der Waals surface area (Å²) < 4.78 is 1.80. The van der Waals surface area contributed by atoms with E-state index >= 15 is 0 Å². The van der Waals surface area contributed by atoms with Crippen LogP contribution in [0.15, 0.2) is 34.6 Å². The van der Waals surface area contributed by atoms with Crippen molar-refractivity contribution in [3.63, 3.8) is 0 Å². The van der Waals surface area contributed by atoms with Crippen LogP contribution in [0.1, 0.15) is 0 Å². The zero-order valence-electron chi connectivity index (χ0n) is 5.38. The standard InChI is InChI=1S/C6H8N3P/c10-9-6-4-2-1-3-5(6)7-8-9/h1-6H,10H2. The predicted molar refractivity (Wildman–Crippen MR) is 42.3 cm³/mol. The van der Waals surface area contributed by atoms with Crippen molar-refractivity contribution in [1.29, 1.82) is 0 Å². The number of rotatable bonds is 0. The van der Waals surface area contributed by atoms with Crippen LogP contribution in [0.25, 0.3) is 0 Å². The van der Waals surface area contributed by atoms with Gasteiger partial charge in [-0.2, -0.15) is 5.11 Å². The number of fused-ring (bicyclic) bond motifs is 1. The Hall–Kier alpha value is -0.690. The minimum atomic E-state index is 0.238. The molecule has 0 aromatic carbocycles. The summed E-state index contributed by atoms with van der Waals surface area (Å²) in [4.78, 5) is 0. The summed E-state index contributed by atoms with van der Waals surface area (Å²) in [5, 5.41) is 7.93. The molecule has 1 aliphatic heterocycles. The van der Waals surface area contributed by atoms with Crippen molar-refractivity contribution < 1.29 is 0 Å². The van der Waals surface area contributed by atoms with Crippen LogP contribution in [-0.4, -0.2) is 16.9 Å². The van der Waals surface area contributed by atoms with Crippen LogP contribution < -0.4 is 0 Å². The van der Waals surface area contributed by atoms with E-state index in [-0.39, 0.29) is 6.04 Å². The molecule has 2 rings (SSSR count). The summed E-state index contributed by atoms with van der Waals surface area (Å²) in [5.74, 6) is 0. The third-order valence-electron chi connectivity index (χ3n) is 1.67. The largest absolute Gasteiger partial charge is 0.255 e. The van der Waals surface area contributed by atoms with Crippen LogP contribution in [0, 0.1) is 0 Å². The average molecular weight is 153 g/mol. The summed E-state index contributed by atoms with van der Waals surface area (Å²) >= 11 is 0. The van der Waals surface area contributed by atoms with Crippen molar-refractivity contribution in [2.24, 2.45) is 10.3 Å². The molecule has 2 aliphatic rings. The van der Waals surface area contributed by atoms with Gasteiger partial charge in [-0.15, -0.1) is 0 Å². The Morgan fingerprint density at radius 2 is 2.10 bits per heavy atom. The summed E-state index contributed by atoms with van der Waals surface area (Å²) in [6.45, 7) is 0. The van der Waals surface area contributed by atoms with Gasteiger partial charge in [0.05, 0.1) is 6.04 Å². The minimum Gasteiger partial charge on any atom is -0.255 e. The first-order valence-electron chi connectivity index (χ1n) is 3.17. The van der Waals surface area contributed by atoms with Gasteiger partial charge in [0, 0.05) is 0 Å². The molecule has 0 fully saturated rings. The molecule has 0 aromatic heterocycles. The molecule has 0 N–H and O–H groups in total. The highest BCUT2D eigenvalue weighted by molar-refractivity contribution is 7.13. The van der Waals surface area contributed by atoms with Gasteiger partial charge in [0.25, 0.3) is 0 Å². The quantitative estimate of drug-likeness (QED) is 0.482. The Morgan fingerprint density at radius 1 is 1.30 bits per heavy atom. The molecule has 0 amide bonds. The van der Waals surface area contributed by atoms with Crippen LogP contribution in [0.3, 0.4) is 0 Å². The Labute approximate surface area is 61.7 Å². The molecule has 0 aromatic rings. The monoisotopic (exact) mass is 153 g/mol. The smallest absolute Gasteiger partial charge is 0.117 e. The lowest BCUT2D eigenvalue weighted by Crippen LogP contribution is -2.26. The second-order valence-corrected chi connectivity index (χ2v) is 2.86. The van der Waals surface area contributed by atoms with Gasteiger partial charge in [-0.1, -0.05) is 29.5 Å². The van der Waals surface area contributed by atoms with Crippen LogP contribution in [0.2, 0.25) is 0 Å². The lowest BCUT2D eigenvalue weighted by atomic mass is 10.1. The second-order valence-electron chi connectivity index (χ2n) is 2.34. The summed E-state index contributed by atoms with van der Waals surface area (Å²) in [6, 6.07) is 0.567. The molecule has 1 heterocycles. The van der Waals surface area contributed by atoms with Gasteiger partial charge in [0.2, 0.25) is 0 Å². The molecule has 0 saturated carbocycles. The molecule has 3 atom stereocenters. The first-order valence-corrected chi connectivity index (χ1v) is 3.69. The number of nitrogens with zero attached hydrogens (tertiary/aromatic N) is 3. The van der Waals surface area contributed by atoms with Gasteiger partial charge >= 0.3 is 0 Å². The van der Waals surface area contributed by atoms with E-state index in [2.05, 4.69) is 31.9 Å². The first kappa shape index (κ1) is 6.05. The molecule has 3 nitrogen and oxygen atoms in total. The maximum atomic E-state index is 4.03. The molecule has 1 aliphatic carbocycles. The van der Waals surface area contributed by atoms with E-state index in [9.17, 15) is 0 Å². The highest BCUT2D eigenvalue weighted by Crippen LogP contribution is 2.25. The molecule has 0 saturated heterocycles. The van der Waals surface area contributed by atoms with Crippen molar-refractivity contribution in [2.45, 2.75) is 12.1 Å². The van der Waals surface area contributed by atoms with Gasteiger partial charge in [-0.25, -0.2) is 0 Å². The van der Waals surface area contributed by atoms with Crippen molar-refractivity contribution in [2.75, 3.05) is 0 Å². The van der Waals surface area contributed by atoms with Crippen LogP contribution >= 0.6 is 9.39 Å². The Kier molecular flexibility index (Phi) is 1.31. The molecule has 10 heavy (non-hydrogen) atoms. The Bertz CT molecular complexity index is 221. The minimum absolute atomic E-state index is 0.238. The Morgan fingerprint density at radius 3 is 2.90 bits per heavy atom. The van der Waals surface area contributed by atoms with Crippen molar-refractivity contribution in [1.82, 2.24) is 4.78 Å². The molecule has 52 valence electrons. The van der Waals surface area contributed by atoms with E-state index in [0.717, 1.165) is 0 Å². The van der Waals surface area contributed by atoms with Gasteiger partial charge in [0.15, 0.2) is 0 Å².